The first-order chi connectivity index (χ1) is 13.2. The van der Waals surface area contributed by atoms with Gasteiger partial charge in [-0.05, 0) is 27.7 Å². The summed E-state index contributed by atoms with van der Waals surface area (Å²) in [5.41, 5.74) is 10.7. The third-order valence-electron chi connectivity index (χ3n) is 2.56. The van der Waals surface area contributed by atoms with Gasteiger partial charge in [0.05, 0.1) is 0 Å². The molecule has 8 N–H and O–H groups in total. The molecule has 29 heavy (non-hydrogen) atoms. The van der Waals surface area contributed by atoms with Gasteiger partial charge in [-0.3, -0.25) is 20.8 Å². The summed E-state index contributed by atoms with van der Waals surface area (Å²) in [5.74, 6) is 0. The van der Waals surface area contributed by atoms with E-state index in [-0.39, 0.29) is 21.7 Å². The van der Waals surface area contributed by atoms with Crippen LogP contribution in [0.3, 0.4) is 0 Å². The molecule has 0 aliphatic rings. The van der Waals surface area contributed by atoms with Crippen molar-refractivity contribution in [3.63, 3.8) is 0 Å². The van der Waals surface area contributed by atoms with E-state index in [4.69, 9.17) is 20.8 Å². The second kappa shape index (κ2) is 35.7. The van der Waals surface area contributed by atoms with E-state index in [0.29, 0.717) is 26.2 Å². The van der Waals surface area contributed by atoms with Crippen molar-refractivity contribution in [2.45, 2.75) is 55.4 Å². The molecule has 0 radical (unpaired) electrons. The smallest absolute Gasteiger partial charge is 0.0370 e. The molecular formula is C16H48N8O4Ti. The summed E-state index contributed by atoms with van der Waals surface area (Å²) in [6, 6.07) is 0. The Balaban J connectivity index is -0.0000000873. The molecular weight excluding hydrogens is 416 g/mol. The Labute approximate surface area is 192 Å². The number of nitrogens with one attached hydrogen (secondary N) is 4. The molecule has 0 unspecified atom stereocenters. The van der Waals surface area contributed by atoms with E-state index in [9.17, 15) is 0 Å². The fourth-order valence-corrected chi connectivity index (χ4v) is 1.18. The van der Waals surface area contributed by atoms with Gasteiger partial charge in [0, 0.05) is 74.1 Å². The fourth-order valence-electron chi connectivity index (χ4n) is 1.18. The molecule has 0 aliphatic heterocycles. The topological polar surface area (TPSA) is 142 Å². The Hall–Kier alpha value is 0.234. The molecule has 0 heterocycles. The first kappa shape index (κ1) is 39.7. The standard InChI is InChI=1S/4C4H12N2O.Ti/c4*1-3-5-6(7)4-2;/h4*5,7H,3-4H2,1-2H3;. The Kier molecular flexibility index (Phi) is 48.8. The normalized spacial score (nSPS) is 9.93. The quantitative estimate of drug-likeness (QED) is 0.154. The van der Waals surface area contributed by atoms with Crippen molar-refractivity contribution in [2.24, 2.45) is 0 Å². The molecule has 0 spiro atoms. The molecule has 0 rings (SSSR count). The Bertz CT molecular complexity index is 217. The maximum absolute atomic E-state index is 8.58. The number of hydroxylamine groups is 4. The molecule has 13 heteroatoms. The molecule has 0 aromatic rings. The van der Waals surface area contributed by atoms with Crippen LogP contribution in [0.25, 0.3) is 0 Å². The maximum atomic E-state index is 8.58. The van der Waals surface area contributed by atoms with Crippen LogP contribution in [0.1, 0.15) is 55.4 Å². The van der Waals surface area contributed by atoms with Crippen molar-refractivity contribution in [1.29, 1.82) is 0 Å². The van der Waals surface area contributed by atoms with E-state index < -0.39 is 0 Å². The van der Waals surface area contributed by atoms with Crippen LogP contribution in [-0.4, -0.2) is 93.9 Å². The third kappa shape index (κ3) is 47.5. The number of hydrogen-bond acceptors (Lipinski definition) is 12. The molecule has 0 saturated carbocycles. The zero-order valence-electron chi connectivity index (χ0n) is 19.7. The van der Waals surface area contributed by atoms with Crippen LogP contribution < -0.4 is 21.7 Å². The zero-order valence-corrected chi connectivity index (χ0v) is 21.3. The zero-order chi connectivity index (χ0) is 22.8. The molecule has 0 amide bonds. The SMILES string of the molecule is CCNN(O)CC.CCNN(O)CC.CCNN(O)CC.CCNN(O)CC.[Ti]. The molecule has 180 valence electrons. The van der Waals surface area contributed by atoms with Gasteiger partial charge < -0.3 is 0 Å². The molecule has 0 atom stereocenters. The fraction of sp³-hybridized carbons (Fsp3) is 1.00. The van der Waals surface area contributed by atoms with Crippen molar-refractivity contribution >= 4 is 0 Å². The van der Waals surface area contributed by atoms with Crippen LogP contribution in [0.5, 0.6) is 0 Å². The average molecular weight is 464 g/mol. The van der Waals surface area contributed by atoms with E-state index in [2.05, 4.69) is 21.7 Å². The predicted octanol–water partition coefficient (Wildman–Crippen LogP) is 0.886. The molecule has 0 aromatic heterocycles. The van der Waals surface area contributed by atoms with E-state index >= 15 is 0 Å². The monoisotopic (exact) mass is 464 g/mol. The summed E-state index contributed by atoms with van der Waals surface area (Å²) in [4.78, 5) is 0. The summed E-state index contributed by atoms with van der Waals surface area (Å²) < 4.78 is 0. The molecule has 0 saturated heterocycles. The van der Waals surface area contributed by atoms with Gasteiger partial charge in [0.2, 0.25) is 0 Å². The number of hydrazine groups is 4. The minimum absolute atomic E-state index is 0. The van der Waals surface area contributed by atoms with Gasteiger partial charge in [0.25, 0.3) is 0 Å². The van der Waals surface area contributed by atoms with Gasteiger partial charge in [0.15, 0.2) is 0 Å². The number of nitrogens with zero attached hydrogens (tertiary/aromatic N) is 4. The Morgan fingerprint density at radius 1 is 0.414 bits per heavy atom. The minimum atomic E-state index is 0. The van der Waals surface area contributed by atoms with Gasteiger partial charge >= 0.3 is 0 Å². The van der Waals surface area contributed by atoms with Crippen molar-refractivity contribution in [3.05, 3.63) is 0 Å². The summed E-state index contributed by atoms with van der Waals surface area (Å²) in [6.45, 7) is 20.7. The molecule has 0 bridgehead atoms. The van der Waals surface area contributed by atoms with Crippen molar-refractivity contribution in [2.75, 3.05) is 52.4 Å². The van der Waals surface area contributed by atoms with Crippen LogP contribution in [0.4, 0.5) is 0 Å². The Morgan fingerprint density at radius 2 is 0.552 bits per heavy atom. The van der Waals surface area contributed by atoms with E-state index in [0.717, 1.165) is 46.9 Å². The van der Waals surface area contributed by atoms with E-state index in [1.807, 2.05) is 55.4 Å². The van der Waals surface area contributed by atoms with Crippen LogP contribution in [-0.2, 0) is 21.7 Å². The maximum Gasteiger partial charge on any atom is 0.0370 e. The summed E-state index contributed by atoms with van der Waals surface area (Å²) in [7, 11) is 0. The summed E-state index contributed by atoms with van der Waals surface area (Å²) >= 11 is 0. The average Bonchev–Trinajstić information content (AvgIpc) is 2.70. The van der Waals surface area contributed by atoms with Crippen molar-refractivity contribution in [1.82, 2.24) is 42.4 Å². The van der Waals surface area contributed by atoms with Crippen LogP contribution >= 0.6 is 0 Å². The molecule has 0 aromatic carbocycles. The molecule has 12 nitrogen and oxygen atoms in total. The van der Waals surface area contributed by atoms with Gasteiger partial charge in [-0.15, -0.1) is 20.7 Å². The molecule has 0 aliphatic carbocycles. The summed E-state index contributed by atoms with van der Waals surface area (Å²) in [6.07, 6.45) is 0. The van der Waals surface area contributed by atoms with Crippen LogP contribution in [0.15, 0.2) is 0 Å². The minimum Gasteiger partial charge on any atom is -0.299 e. The van der Waals surface area contributed by atoms with Crippen LogP contribution in [0, 0.1) is 0 Å². The van der Waals surface area contributed by atoms with Crippen molar-refractivity contribution < 1.29 is 42.5 Å². The van der Waals surface area contributed by atoms with E-state index in [1.54, 1.807) is 0 Å². The second-order valence-corrected chi connectivity index (χ2v) is 4.91. The predicted molar refractivity (Wildman–Crippen MR) is 111 cm³/mol. The Morgan fingerprint density at radius 3 is 0.586 bits per heavy atom. The first-order valence-corrected chi connectivity index (χ1v) is 10.0. The number of rotatable bonds is 12. The molecule has 0 fully saturated rings. The second-order valence-electron chi connectivity index (χ2n) is 4.91. The van der Waals surface area contributed by atoms with Gasteiger partial charge in [-0.2, -0.15) is 0 Å². The van der Waals surface area contributed by atoms with E-state index in [1.165, 1.54) is 0 Å². The van der Waals surface area contributed by atoms with Gasteiger partial charge in [-0.25, -0.2) is 21.7 Å². The summed E-state index contributed by atoms with van der Waals surface area (Å²) in [5, 5.41) is 38.5. The van der Waals surface area contributed by atoms with Gasteiger partial charge in [-0.1, -0.05) is 27.7 Å². The third-order valence-corrected chi connectivity index (χ3v) is 2.56. The van der Waals surface area contributed by atoms with Crippen LogP contribution in [0.2, 0.25) is 0 Å². The van der Waals surface area contributed by atoms with Crippen molar-refractivity contribution in [3.8, 4) is 0 Å². The van der Waals surface area contributed by atoms with Gasteiger partial charge in [0.1, 0.15) is 0 Å². The first-order valence-electron chi connectivity index (χ1n) is 10.0. The number of hydrogen-bond donors (Lipinski definition) is 8. The largest absolute Gasteiger partial charge is 0.299 e.